The summed E-state index contributed by atoms with van der Waals surface area (Å²) in [5.74, 6) is 1.68. The number of aryl methyl sites for hydroxylation is 2. The summed E-state index contributed by atoms with van der Waals surface area (Å²) < 4.78 is 11.4. The van der Waals surface area contributed by atoms with Gasteiger partial charge in [0, 0.05) is 34.0 Å². The van der Waals surface area contributed by atoms with Crippen LogP contribution in [0.5, 0.6) is 11.5 Å². The maximum atomic E-state index is 5.74. The van der Waals surface area contributed by atoms with E-state index in [1.165, 1.54) is 15.3 Å². The molecule has 1 aliphatic heterocycles. The Labute approximate surface area is 129 Å². The van der Waals surface area contributed by atoms with E-state index in [0.29, 0.717) is 0 Å². The molecule has 21 heavy (non-hydrogen) atoms. The number of fused-ring (bicyclic) bond motifs is 1. The van der Waals surface area contributed by atoms with Gasteiger partial charge in [0.2, 0.25) is 0 Å². The van der Waals surface area contributed by atoms with E-state index in [9.17, 15) is 0 Å². The second kappa shape index (κ2) is 5.98. The van der Waals surface area contributed by atoms with Crippen LogP contribution in [0.4, 0.5) is 5.69 Å². The molecule has 0 saturated carbocycles. The summed E-state index contributed by atoms with van der Waals surface area (Å²) in [4.78, 5) is 2.73. The van der Waals surface area contributed by atoms with Crippen molar-refractivity contribution in [2.45, 2.75) is 33.2 Å². The highest BCUT2D eigenvalue weighted by Crippen LogP contribution is 2.34. The van der Waals surface area contributed by atoms with Crippen molar-refractivity contribution in [2.24, 2.45) is 0 Å². The van der Waals surface area contributed by atoms with Crippen LogP contribution in [0, 0.1) is 13.8 Å². The maximum Gasteiger partial charge on any atom is 0.163 e. The Balaban J connectivity index is 1.78. The molecular weight excluding hydrogens is 282 g/mol. The molecule has 2 aromatic rings. The molecule has 1 atom stereocenters. The third kappa shape index (κ3) is 3.16. The molecule has 0 amide bonds. The minimum atomic E-state index is 0.277. The predicted octanol–water partition coefficient (Wildman–Crippen LogP) is 4.70. The monoisotopic (exact) mass is 303 g/mol. The van der Waals surface area contributed by atoms with Gasteiger partial charge in [0.25, 0.3) is 0 Å². The molecule has 0 fully saturated rings. The Morgan fingerprint density at radius 1 is 1.10 bits per heavy atom. The molecule has 1 aromatic carbocycles. The molecule has 0 bridgehead atoms. The van der Waals surface area contributed by atoms with Crippen LogP contribution >= 0.6 is 11.3 Å². The van der Waals surface area contributed by atoms with E-state index in [1.807, 2.05) is 23.5 Å². The van der Waals surface area contributed by atoms with Gasteiger partial charge in [-0.1, -0.05) is 0 Å². The number of benzene rings is 1. The molecule has 112 valence electrons. The van der Waals surface area contributed by atoms with E-state index in [2.05, 4.69) is 38.2 Å². The van der Waals surface area contributed by atoms with Crippen molar-refractivity contribution in [3.05, 3.63) is 39.6 Å². The van der Waals surface area contributed by atoms with E-state index >= 15 is 0 Å². The summed E-state index contributed by atoms with van der Waals surface area (Å²) in [6, 6.07) is 8.62. The lowest BCUT2D eigenvalue weighted by Crippen LogP contribution is -2.07. The van der Waals surface area contributed by atoms with Crippen LogP contribution in [0.25, 0.3) is 0 Å². The van der Waals surface area contributed by atoms with Crippen molar-refractivity contribution < 1.29 is 9.47 Å². The van der Waals surface area contributed by atoms with Gasteiger partial charge in [-0.15, -0.1) is 11.3 Å². The quantitative estimate of drug-likeness (QED) is 0.891. The van der Waals surface area contributed by atoms with Gasteiger partial charge < -0.3 is 14.8 Å². The largest absolute Gasteiger partial charge is 0.490 e. The molecule has 4 heteroatoms. The van der Waals surface area contributed by atoms with Crippen molar-refractivity contribution in [3.8, 4) is 11.5 Å². The van der Waals surface area contributed by atoms with Gasteiger partial charge in [-0.3, -0.25) is 0 Å². The molecule has 2 heterocycles. The number of anilines is 1. The molecule has 1 unspecified atom stereocenters. The van der Waals surface area contributed by atoms with Gasteiger partial charge in [-0.2, -0.15) is 0 Å². The molecule has 0 saturated heterocycles. The van der Waals surface area contributed by atoms with Crippen LogP contribution in [0.2, 0.25) is 0 Å². The van der Waals surface area contributed by atoms with Crippen LogP contribution in [-0.4, -0.2) is 13.2 Å². The first-order chi connectivity index (χ1) is 10.1. The average Bonchev–Trinajstić information content (AvgIpc) is 2.66. The van der Waals surface area contributed by atoms with E-state index in [4.69, 9.17) is 9.47 Å². The Hall–Kier alpha value is -1.68. The first-order valence-corrected chi connectivity index (χ1v) is 8.18. The summed E-state index contributed by atoms with van der Waals surface area (Å²) in [5.41, 5.74) is 2.43. The molecule has 1 aliphatic rings. The lowest BCUT2D eigenvalue weighted by Gasteiger charge is -2.17. The van der Waals surface area contributed by atoms with E-state index in [-0.39, 0.29) is 6.04 Å². The van der Waals surface area contributed by atoms with Crippen molar-refractivity contribution >= 4 is 17.0 Å². The van der Waals surface area contributed by atoms with Gasteiger partial charge in [0.05, 0.1) is 13.2 Å². The predicted molar refractivity (Wildman–Crippen MR) is 87.9 cm³/mol. The van der Waals surface area contributed by atoms with Gasteiger partial charge >= 0.3 is 0 Å². The van der Waals surface area contributed by atoms with Crippen LogP contribution in [0.3, 0.4) is 0 Å². The Morgan fingerprint density at radius 2 is 1.86 bits per heavy atom. The molecule has 3 rings (SSSR count). The molecular formula is C17H21NO2S. The van der Waals surface area contributed by atoms with Crippen molar-refractivity contribution in [1.82, 2.24) is 0 Å². The third-order valence-electron chi connectivity index (χ3n) is 3.68. The Bertz CT molecular complexity index is 636. The van der Waals surface area contributed by atoms with Gasteiger partial charge in [-0.05, 0) is 44.5 Å². The molecule has 1 aromatic heterocycles. The number of hydrogen-bond donors (Lipinski definition) is 1. The fraction of sp³-hybridized carbons (Fsp3) is 0.412. The number of ether oxygens (including phenoxy) is 2. The SMILES string of the molecule is Cc1cc(C(C)Nc2ccc3c(c2)OCCCO3)c(C)s1. The highest BCUT2D eigenvalue weighted by molar-refractivity contribution is 7.12. The van der Waals surface area contributed by atoms with Crippen LogP contribution in [-0.2, 0) is 0 Å². The second-order valence-electron chi connectivity index (χ2n) is 5.45. The molecule has 3 nitrogen and oxygen atoms in total. The van der Waals surface area contributed by atoms with Crippen molar-refractivity contribution in [1.29, 1.82) is 0 Å². The fourth-order valence-electron chi connectivity index (χ4n) is 2.66. The standard InChI is InChI=1S/C17H21NO2S/c1-11-9-15(13(3)21-11)12(2)18-14-5-6-16-17(10-14)20-8-4-7-19-16/h5-6,9-10,12,18H,4,7-8H2,1-3H3. The zero-order valence-electron chi connectivity index (χ0n) is 12.7. The molecule has 0 radical (unpaired) electrons. The second-order valence-corrected chi connectivity index (χ2v) is 6.91. The summed E-state index contributed by atoms with van der Waals surface area (Å²) in [6.07, 6.45) is 0.932. The third-order valence-corrected chi connectivity index (χ3v) is 4.66. The summed E-state index contributed by atoms with van der Waals surface area (Å²) in [7, 11) is 0. The number of nitrogens with one attached hydrogen (secondary N) is 1. The van der Waals surface area contributed by atoms with E-state index < -0.39 is 0 Å². The lowest BCUT2D eigenvalue weighted by molar-refractivity contribution is 0.297. The topological polar surface area (TPSA) is 30.5 Å². The van der Waals surface area contributed by atoms with Crippen LogP contribution in [0.1, 0.15) is 34.7 Å². The van der Waals surface area contributed by atoms with Crippen LogP contribution in [0.15, 0.2) is 24.3 Å². The van der Waals surface area contributed by atoms with Crippen molar-refractivity contribution in [2.75, 3.05) is 18.5 Å². The maximum absolute atomic E-state index is 5.74. The molecule has 1 N–H and O–H groups in total. The number of hydrogen-bond acceptors (Lipinski definition) is 4. The first kappa shape index (κ1) is 14.3. The summed E-state index contributed by atoms with van der Waals surface area (Å²) >= 11 is 1.85. The van der Waals surface area contributed by atoms with Crippen LogP contribution < -0.4 is 14.8 Å². The smallest absolute Gasteiger partial charge is 0.163 e. The highest BCUT2D eigenvalue weighted by Gasteiger charge is 2.14. The van der Waals surface area contributed by atoms with Gasteiger partial charge in [0.1, 0.15) is 0 Å². The summed E-state index contributed by atoms with van der Waals surface area (Å²) in [5, 5.41) is 3.55. The molecule has 0 aliphatic carbocycles. The van der Waals surface area contributed by atoms with Crippen molar-refractivity contribution in [3.63, 3.8) is 0 Å². The minimum absolute atomic E-state index is 0.277. The van der Waals surface area contributed by atoms with E-state index in [0.717, 1.165) is 36.8 Å². The molecule has 0 spiro atoms. The minimum Gasteiger partial charge on any atom is -0.490 e. The average molecular weight is 303 g/mol. The number of thiophene rings is 1. The zero-order valence-corrected chi connectivity index (χ0v) is 13.5. The summed E-state index contributed by atoms with van der Waals surface area (Å²) in [6.45, 7) is 7.97. The Morgan fingerprint density at radius 3 is 2.57 bits per heavy atom. The first-order valence-electron chi connectivity index (χ1n) is 7.36. The van der Waals surface area contributed by atoms with Gasteiger partial charge in [-0.25, -0.2) is 0 Å². The fourth-order valence-corrected chi connectivity index (χ4v) is 3.68. The highest BCUT2D eigenvalue weighted by atomic mass is 32.1. The number of rotatable bonds is 3. The zero-order chi connectivity index (χ0) is 14.8. The van der Waals surface area contributed by atoms with E-state index in [1.54, 1.807) is 0 Å². The lowest BCUT2D eigenvalue weighted by atomic mass is 10.1. The van der Waals surface area contributed by atoms with Gasteiger partial charge in [0.15, 0.2) is 11.5 Å². The normalized spacial score (nSPS) is 15.4. The Kier molecular flexibility index (Phi) is 4.06.